The molecule has 0 amide bonds. The van der Waals surface area contributed by atoms with Crippen LogP contribution in [-0.4, -0.2) is 55.6 Å². The normalized spacial score (nSPS) is 11.7. The van der Waals surface area contributed by atoms with Gasteiger partial charge in [0, 0.05) is 39.1 Å². The van der Waals surface area contributed by atoms with Crippen molar-refractivity contribution in [3.8, 4) is 0 Å². The monoisotopic (exact) mass is 364 g/mol. The van der Waals surface area contributed by atoms with E-state index in [4.69, 9.17) is 0 Å². The van der Waals surface area contributed by atoms with Gasteiger partial charge in [-0.05, 0) is 37.8 Å². The number of thioether (sulfide) groups is 1. The molecule has 0 atom stereocenters. The van der Waals surface area contributed by atoms with E-state index in [-0.39, 0.29) is 0 Å². The molecule has 0 bridgehead atoms. The van der Waals surface area contributed by atoms with E-state index in [1.54, 1.807) is 6.20 Å². The molecule has 0 saturated heterocycles. The van der Waals surface area contributed by atoms with Gasteiger partial charge in [-0.3, -0.25) is 4.68 Å². The first-order valence-electron chi connectivity index (χ1n) is 8.54. The van der Waals surface area contributed by atoms with E-state index in [1.807, 2.05) is 47.2 Å². The Morgan fingerprint density at radius 1 is 1.24 bits per heavy atom. The number of nitrogens with one attached hydrogen (secondary N) is 2. The molecule has 2 aromatic heterocycles. The molecule has 2 N–H and O–H groups in total. The summed E-state index contributed by atoms with van der Waals surface area (Å²) in [4.78, 5) is 4.64. The lowest BCUT2D eigenvalue weighted by molar-refractivity contribution is 0.569. The van der Waals surface area contributed by atoms with Crippen molar-refractivity contribution in [2.75, 3.05) is 25.1 Å². The van der Waals surface area contributed by atoms with Gasteiger partial charge < -0.3 is 15.2 Å². The van der Waals surface area contributed by atoms with E-state index in [2.05, 4.69) is 37.2 Å². The summed E-state index contributed by atoms with van der Waals surface area (Å²) in [7, 11) is 1.96. The van der Waals surface area contributed by atoms with Gasteiger partial charge in [0.2, 0.25) is 0 Å². The molecule has 8 nitrogen and oxygen atoms in total. The Labute approximate surface area is 153 Å². The summed E-state index contributed by atoms with van der Waals surface area (Å²) in [6.45, 7) is 5.08. The maximum Gasteiger partial charge on any atom is 0.191 e. The topological polar surface area (TPSA) is 85.0 Å². The highest BCUT2D eigenvalue weighted by Crippen LogP contribution is 1.99. The second-order valence-electron chi connectivity index (χ2n) is 5.71. The fourth-order valence-corrected chi connectivity index (χ4v) is 2.65. The van der Waals surface area contributed by atoms with Crippen LogP contribution in [0, 0.1) is 6.92 Å². The number of aryl methyl sites for hydroxylation is 2. The van der Waals surface area contributed by atoms with Crippen LogP contribution < -0.4 is 10.6 Å². The average Bonchev–Trinajstić information content (AvgIpc) is 3.24. The molecule has 0 aliphatic carbocycles. The van der Waals surface area contributed by atoms with Crippen LogP contribution in [0.25, 0.3) is 0 Å². The van der Waals surface area contributed by atoms with Crippen molar-refractivity contribution in [3.05, 3.63) is 30.1 Å². The lowest BCUT2D eigenvalue weighted by atomic mass is 10.4. The van der Waals surface area contributed by atoms with Crippen LogP contribution >= 0.6 is 11.8 Å². The van der Waals surface area contributed by atoms with E-state index in [0.717, 1.165) is 55.8 Å². The van der Waals surface area contributed by atoms with Crippen molar-refractivity contribution in [2.45, 2.75) is 32.9 Å². The van der Waals surface area contributed by atoms with Crippen molar-refractivity contribution >= 4 is 17.7 Å². The highest BCUT2D eigenvalue weighted by atomic mass is 32.2. The van der Waals surface area contributed by atoms with Crippen molar-refractivity contribution < 1.29 is 0 Å². The van der Waals surface area contributed by atoms with Crippen LogP contribution in [0.3, 0.4) is 0 Å². The fraction of sp³-hybridized carbons (Fsp3) is 0.625. The molecule has 2 aromatic rings. The second kappa shape index (κ2) is 10.8. The largest absolute Gasteiger partial charge is 0.356 e. The summed E-state index contributed by atoms with van der Waals surface area (Å²) in [6, 6.07) is 1.94. The van der Waals surface area contributed by atoms with Crippen LogP contribution in [0.15, 0.2) is 23.5 Å². The second-order valence-corrected chi connectivity index (χ2v) is 6.70. The summed E-state index contributed by atoms with van der Waals surface area (Å²) in [6.07, 6.45) is 8.00. The van der Waals surface area contributed by atoms with E-state index < -0.39 is 0 Å². The maximum atomic E-state index is 4.64. The van der Waals surface area contributed by atoms with Crippen molar-refractivity contribution in [3.63, 3.8) is 0 Å². The summed E-state index contributed by atoms with van der Waals surface area (Å²) in [5.41, 5.74) is 0. The lowest BCUT2D eigenvalue weighted by Gasteiger charge is -2.12. The van der Waals surface area contributed by atoms with E-state index >= 15 is 0 Å². The molecule has 0 saturated carbocycles. The van der Waals surface area contributed by atoms with E-state index in [1.165, 1.54) is 0 Å². The molecule has 0 fully saturated rings. The molecule has 0 aliphatic heterocycles. The van der Waals surface area contributed by atoms with Gasteiger partial charge in [0.25, 0.3) is 0 Å². The Morgan fingerprint density at radius 2 is 2.04 bits per heavy atom. The Balaban J connectivity index is 1.82. The number of hydrogen-bond donors (Lipinski definition) is 2. The van der Waals surface area contributed by atoms with Gasteiger partial charge in [-0.1, -0.05) is 0 Å². The van der Waals surface area contributed by atoms with Crippen LogP contribution in [-0.2, 0) is 20.1 Å². The molecule has 2 rings (SSSR count). The maximum absolute atomic E-state index is 4.64. The lowest BCUT2D eigenvalue weighted by Crippen LogP contribution is -2.39. The zero-order chi connectivity index (χ0) is 17.9. The van der Waals surface area contributed by atoms with Crippen LogP contribution in [0.2, 0.25) is 0 Å². The summed E-state index contributed by atoms with van der Waals surface area (Å²) in [5, 5.41) is 19.2. The standard InChI is InChI=1S/C16H28N8S/c1-14-21-22-15(23(14)2)13-19-16(18-8-6-12-25-3)17-7-4-10-24-11-5-9-20-24/h5,9,11H,4,6-8,10,12-13H2,1-3H3,(H2,17,18,19). The Hall–Kier alpha value is -2.03. The molecule has 138 valence electrons. The molecule has 0 aromatic carbocycles. The molecule has 0 spiro atoms. The van der Waals surface area contributed by atoms with Crippen LogP contribution in [0.1, 0.15) is 24.5 Å². The molecule has 0 unspecified atom stereocenters. The summed E-state index contributed by atoms with van der Waals surface area (Å²) in [5.74, 6) is 3.72. The van der Waals surface area contributed by atoms with E-state index in [9.17, 15) is 0 Å². The first-order valence-corrected chi connectivity index (χ1v) is 9.93. The summed E-state index contributed by atoms with van der Waals surface area (Å²) < 4.78 is 3.90. The third-order valence-electron chi connectivity index (χ3n) is 3.79. The quantitative estimate of drug-likeness (QED) is 0.374. The van der Waals surface area contributed by atoms with Gasteiger partial charge in [0.05, 0.1) is 0 Å². The van der Waals surface area contributed by atoms with Crippen LogP contribution in [0.4, 0.5) is 0 Å². The number of hydrogen-bond acceptors (Lipinski definition) is 5. The zero-order valence-electron chi connectivity index (χ0n) is 15.3. The zero-order valence-corrected chi connectivity index (χ0v) is 16.1. The number of rotatable bonds is 10. The van der Waals surface area contributed by atoms with E-state index in [0.29, 0.717) is 6.54 Å². The third kappa shape index (κ3) is 6.77. The Kier molecular flexibility index (Phi) is 8.30. The molecule has 0 radical (unpaired) electrons. The number of guanidine groups is 1. The van der Waals surface area contributed by atoms with Crippen molar-refractivity contribution in [1.82, 2.24) is 35.2 Å². The first-order chi connectivity index (χ1) is 12.2. The minimum Gasteiger partial charge on any atom is -0.356 e. The van der Waals surface area contributed by atoms with Crippen molar-refractivity contribution in [1.29, 1.82) is 0 Å². The average molecular weight is 365 g/mol. The smallest absolute Gasteiger partial charge is 0.191 e. The number of aliphatic imine (C=N–C) groups is 1. The highest BCUT2D eigenvalue weighted by Gasteiger charge is 2.05. The minimum absolute atomic E-state index is 0.508. The van der Waals surface area contributed by atoms with Gasteiger partial charge in [-0.25, -0.2) is 4.99 Å². The molecule has 9 heteroatoms. The number of nitrogens with zero attached hydrogens (tertiary/aromatic N) is 6. The number of aromatic nitrogens is 5. The van der Waals surface area contributed by atoms with Gasteiger partial charge >= 0.3 is 0 Å². The van der Waals surface area contributed by atoms with Gasteiger partial charge in [-0.2, -0.15) is 16.9 Å². The van der Waals surface area contributed by atoms with Gasteiger partial charge in [0.1, 0.15) is 12.4 Å². The first kappa shape index (κ1) is 19.3. The SMILES string of the molecule is CSCCCNC(=NCc1nnc(C)n1C)NCCCn1cccn1. The van der Waals surface area contributed by atoms with Crippen LogP contribution in [0.5, 0.6) is 0 Å². The predicted octanol–water partition coefficient (Wildman–Crippen LogP) is 1.20. The highest BCUT2D eigenvalue weighted by molar-refractivity contribution is 7.98. The van der Waals surface area contributed by atoms with Gasteiger partial charge in [-0.15, -0.1) is 10.2 Å². The van der Waals surface area contributed by atoms with Gasteiger partial charge in [0.15, 0.2) is 11.8 Å². The molecule has 25 heavy (non-hydrogen) atoms. The molecular weight excluding hydrogens is 336 g/mol. The molecule has 0 aliphatic rings. The molecular formula is C16H28N8S. The Bertz CT molecular complexity index is 635. The predicted molar refractivity (Wildman–Crippen MR) is 103 cm³/mol. The summed E-state index contributed by atoms with van der Waals surface area (Å²) >= 11 is 1.86. The van der Waals surface area contributed by atoms with Crippen molar-refractivity contribution in [2.24, 2.45) is 12.0 Å². The third-order valence-corrected chi connectivity index (χ3v) is 4.49. The minimum atomic E-state index is 0.508. The fourth-order valence-electron chi connectivity index (χ4n) is 2.22. The molecule has 2 heterocycles. The Morgan fingerprint density at radius 3 is 2.68 bits per heavy atom.